The summed E-state index contributed by atoms with van der Waals surface area (Å²) in [5.74, 6) is 0. The van der Waals surface area contributed by atoms with Crippen LogP contribution in [0.3, 0.4) is 0 Å². The topological polar surface area (TPSA) is 52.0 Å². The molecule has 0 saturated carbocycles. The number of rotatable bonds is 4. The highest BCUT2D eigenvalue weighted by Crippen LogP contribution is 2.34. The standard InChI is InChI=1S/C14H15F3N2O2S/c1-3-13(22(20,21)12-8-18-19(2)9-12)10-4-6-11(7-5-10)14(15,16)17/h4-9,13H,3H2,1-2H3. The van der Waals surface area contributed by atoms with Gasteiger partial charge in [-0.05, 0) is 24.1 Å². The van der Waals surface area contributed by atoms with E-state index in [0.29, 0.717) is 5.56 Å². The van der Waals surface area contributed by atoms with Crippen molar-refractivity contribution in [3.8, 4) is 0 Å². The highest BCUT2D eigenvalue weighted by atomic mass is 32.2. The van der Waals surface area contributed by atoms with Crippen molar-refractivity contribution in [3.63, 3.8) is 0 Å². The van der Waals surface area contributed by atoms with Crippen LogP contribution in [-0.2, 0) is 23.1 Å². The van der Waals surface area contributed by atoms with E-state index in [4.69, 9.17) is 0 Å². The van der Waals surface area contributed by atoms with Gasteiger partial charge in [-0.3, -0.25) is 4.68 Å². The molecule has 22 heavy (non-hydrogen) atoms. The molecule has 4 nitrogen and oxygen atoms in total. The third-order valence-electron chi connectivity index (χ3n) is 3.36. The maximum absolute atomic E-state index is 12.6. The van der Waals surface area contributed by atoms with Crippen LogP contribution in [0.15, 0.2) is 41.6 Å². The number of aromatic nitrogens is 2. The summed E-state index contributed by atoms with van der Waals surface area (Å²) in [5, 5.41) is 2.92. The highest BCUT2D eigenvalue weighted by Gasteiger charge is 2.32. The summed E-state index contributed by atoms with van der Waals surface area (Å²) < 4.78 is 64.3. The monoisotopic (exact) mass is 332 g/mol. The predicted molar refractivity (Wildman–Crippen MR) is 74.9 cm³/mol. The van der Waals surface area contributed by atoms with Crippen molar-refractivity contribution in [1.82, 2.24) is 9.78 Å². The minimum atomic E-state index is -4.44. The fourth-order valence-electron chi connectivity index (χ4n) is 2.23. The van der Waals surface area contributed by atoms with Gasteiger partial charge in [0.1, 0.15) is 4.90 Å². The zero-order valence-corrected chi connectivity index (χ0v) is 12.8. The summed E-state index contributed by atoms with van der Waals surface area (Å²) in [7, 11) is -2.10. The first kappa shape index (κ1) is 16.5. The van der Waals surface area contributed by atoms with E-state index in [1.54, 1.807) is 14.0 Å². The van der Waals surface area contributed by atoms with Crippen molar-refractivity contribution in [2.24, 2.45) is 7.05 Å². The Balaban J connectivity index is 2.40. The third-order valence-corrected chi connectivity index (χ3v) is 5.59. The van der Waals surface area contributed by atoms with Crippen LogP contribution >= 0.6 is 0 Å². The Morgan fingerprint density at radius 2 is 1.82 bits per heavy atom. The quantitative estimate of drug-likeness (QED) is 0.862. The first-order valence-electron chi connectivity index (χ1n) is 6.56. The second-order valence-corrected chi connectivity index (χ2v) is 7.04. The number of hydrogen-bond donors (Lipinski definition) is 0. The summed E-state index contributed by atoms with van der Waals surface area (Å²) in [4.78, 5) is 0.0572. The molecule has 0 aliphatic rings. The summed E-state index contributed by atoms with van der Waals surface area (Å²) >= 11 is 0. The van der Waals surface area contributed by atoms with Gasteiger partial charge < -0.3 is 0 Å². The second-order valence-electron chi connectivity index (χ2n) is 4.91. The van der Waals surface area contributed by atoms with Gasteiger partial charge in [0.05, 0.1) is 17.0 Å². The Kier molecular flexibility index (Phi) is 4.32. The van der Waals surface area contributed by atoms with E-state index < -0.39 is 26.8 Å². The molecule has 0 bridgehead atoms. The Morgan fingerprint density at radius 3 is 2.23 bits per heavy atom. The lowest BCUT2D eigenvalue weighted by molar-refractivity contribution is -0.137. The van der Waals surface area contributed by atoms with Crippen LogP contribution in [0.1, 0.15) is 29.7 Å². The molecule has 0 N–H and O–H groups in total. The number of aryl methyl sites for hydroxylation is 1. The van der Waals surface area contributed by atoms with Crippen LogP contribution in [0.5, 0.6) is 0 Å². The zero-order chi connectivity index (χ0) is 16.5. The largest absolute Gasteiger partial charge is 0.416 e. The first-order valence-corrected chi connectivity index (χ1v) is 8.10. The summed E-state index contributed by atoms with van der Waals surface area (Å²) in [6.07, 6.45) is -1.57. The minimum absolute atomic E-state index is 0.0572. The average Bonchev–Trinajstić information content (AvgIpc) is 2.86. The van der Waals surface area contributed by atoms with Crippen molar-refractivity contribution in [2.75, 3.05) is 0 Å². The van der Waals surface area contributed by atoms with E-state index in [9.17, 15) is 21.6 Å². The molecule has 0 fully saturated rings. The SMILES string of the molecule is CCC(c1ccc(C(F)(F)F)cc1)S(=O)(=O)c1cnn(C)c1. The normalized spacial score (nSPS) is 14.0. The summed E-state index contributed by atoms with van der Waals surface area (Å²) in [6, 6.07) is 4.23. The van der Waals surface area contributed by atoms with Gasteiger partial charge in [-0.2, -0.15) is 18.3 Å². The molecule has 2 aromatic rings. The fraction of sp³-hybridized carbons (Fsp3) is 0.357. The molecule has 0 amide bonds. The lowest BCUT2D eigenvalue weighted by Gasteiger charge is -2.16. The number of alkyl halides is 3. The predicted octanol–water partition coefficient (Wildman–Crippen LogP) is 3.36. The molecular formula is C14H15F3N2O2S. The molecule has 0 saturated heterocycles. The molecule has 0 aliphatic carbocycles. The summed E-state index contributed by atoms with van der Waals surface area (Å²) in [6.45, 7) is 1.68. The van der Waals surface area contributed by atoms with Crippen LogP contribution in [0, 0.1) is 0 Å². The second kappa shape index (κ2) is 5.75. The molecule has 1 heterocycles. The van der Waals surface area contributed by atoms with Gasteiger partial charge in [-0.1, -0.05) is 19.1 Å². The average molecular weight is 332 g/mol. The van der Waals surface area contributed by atoms with Crippen molar-refractivity contribution in [1.29, 1.82) is 0 Å². The fourth-order valence-corrected chi connectivity index (χ4v) is 4.01. The highest BCUT2D eigenvalue weighted by molar-refractivity contribution is 7.91. The number of halogens is 3. The van der Waals surface area contributed by atoms with Crippen LogP contribution in [0.4, 0.5) is 13.2 Å². The van der Waals surface area contributed by atoms with E-state index in [1.807, 2.05) is 0 Å². The Labute approximate surface area is 126 Å². The van der Waals surface area contributed by atoms with E-state index in [2.05, 4.69) is 5.10 Å². The Morgan fingerprint density at radius 1 is 1.23 bits per heavy atom. The van der Waals surface area contributed by atoms with E-state index in [-0.39, 0.29) is 11.3 Å². The van der Waals surface area contributed by atoms with Gasteiger partial charge in [-0.25, -0.2) is 8.42 Å². The van der Waals surface area contributed by atoms with Gasteiger partial charge >= 0.3 is 6.18 Å². The number of hydrogen-bond acceptors (Lipinski definition) is 3. The molecule has 1 aromatic heterocycles. The van der Waals surface area contributed by atoms with Crippen LogP contribution < -0.4 is 0 Å². The zero-order valence-electron chi connectivity index (χ0n) is 12.0. The van der Waals surface area contributed by atoms with Gasteiger partial charge in [0.25, 0.3) is 0 Å². The van der Waals surface area contributed by atoms with Gasteiger partial charge in [-0.15, -0.1) is 0 Å². The van der Waals surface area contributed by atoms with Crippen molar-refractivity contribution >= 4 is 9.84 Å². The molecule has 1 unspecified atom stereocenters. The molecular weight excluding hydrogens is 317 g/mol. The molecule has 0 radical (unpaired) electrons. The van der Waals surface area contributed by atoms with Crippen LogP contribution in [-0.4, -0.2) is 18.2 Å². The number of benzene rings is 1. The van der Waals surface area contributed by atoms with E-state index in [0.717, 1.165) is 12.1 Å². The number of sulfone groups is 1. The van der Waals surface area contributed by atoms with E-state index >= 15 is 0 Å². The molecule has 1 aromatic carbocycles. The van der Waals surface area contributed by atoms with Crippen molar-refractivity contribution < 1.29 is 21.6 Å². The van der Waals surface area contributed by atoms with Crippen molar-refractivity contribution in [3.05, 3.63) is 47.8 Å². The summed E-state index contributed by atoms with van der Waals surface area (Å²) in [5.41, 5.74) is -0.468. The Bertz CT molecular complexity index is 749. The van der Waals surface area contributed by atoms with E-state index in [1.165, 1.54) is 29.2 Å². The van der Waals surface area contributed by atoms with Gasteiger partial charge in [0, 0.05) is 13.2 Å². The molecule has 1 atom stereocenters. The molecule has 8 heteroatoms. The van der Waals surface area contributed by atoms with Crippen LogP contribution in [0.2, 0.25) is 0 Å². The lowest BCUT2D eigenvalue weighted by Crippen LogP contribution is -2.13. The third kappa shape index (κ3) is 3.16. The number of nitrogens with zero attached hydrogens (tertiary/aromatic N) is 2. The maximum Gasteiger partial charge on any atom is 0.416 e. The smallest absolute Gasteiger partial charge is 0.274 e. The van der Waals surface area contributed by atoms with Gasteiger partial charge in [0.2, 0.25) is 0 Å². The lowest BCUT2D eigenvalue weighted by atomic mass is 10.1. The minimum Gasteiger partial charge on any atom is -0.274 e. The van der Waals surface area contributed by atoms with Crippen LogP contribution in [0.25, 0.3) is 0 Å². The first-order chi connectivity index (χ1) is 10.2. The molecule has 2 rings (SSSR count). The Hall–Kier alpha value is -1.83. The molecule has 120 valence electrons. The van der Waals surface area contributed by atoms with Crippen molar-refractivity contribution in [2.45, 2.75) is 29.7 Å². The van der Waals surface area contributed by atoms with Gasteiger partial charge in [0.15, 0.2) is 9.84 Å². The maximum atomic E-state index is 12.6. The molecule has 0 spiro atoms. The molecule has 0 aliphatic heterocycles.